The Bertz CT molecular complexity index is 404. The second kappa shape index (κ2) is 3.83. The number of rotatable bonds is 1. The molecule has 2 fully saturated rings. The van der Waals surface area contributed by atoms with Gasteiger partial charge in [0.25, 0.3) is 0 Å². The van der Waals surface area contributed by atoms with Crippen LogP contribution in [0.4, 0.5) is 0 Å². The summed E-state index contributed by atoms with van der Waals surface area (Å²) in [5.74, 6) is 2.83. The van der Waals surface area contributed by atoms with Crippen LogP contribution in [-0.4, -0.2) is 15.1 Å². The molecule has 3 nitrogen and oxygen atoms in total. The number of H-pyrrole nitrogens is 1. The third kappa shape index (κ3) is 1.80. The van der Waals surface area contributed by atoms with Gasteiger partial charge >= 0.3 is 0 Å². The summed E-state index contributed by atoms with van der Waals surface area (Å²) < 4.78 is 0. The van der Waals surface area contributed by atoms with Gasteiger partial charge in [-0.05, 0) is 48.9 Å². The van der Waals surface area contributed by atoms with Gasteiger partial charge in [-0.15, -0.1) is 0 Å². The molecule has 18 heavy (non-hydrogen) atoms. The van der Waals surface area contributed by atoms with Gasteiger partial charge in [0, 0.05) is 12.4 Å². The van der Waals surface area contributed by atoms with E-state index in [1.807, 2.05) is 6.20 Å². The quantitative estimate of drug-likeness (QED) is 0.802. The number of hydrogen-bond donors (Lipinski definition) is 2. The number of aromatic nitrogens is 2. The van der Waals surface area contributed by atoms with E-state index in [9.17, 15) is 5.11 Å². The Morgan fingerprint density at radius 1 is 1.28 bits per heavy atom. The fraction of sp³-hybridized carbons (Fsp3) is 0.800. The summed E-state index contributed by atoms with van der Waals surface area (Å²) in [6.45, 7) is 7.04. The van der Waals surface area contributed by atoms with Crippen LogP contribution in [0.5, 0.6) is 0 Å². The minimum absolute atomic E-state index is 0.357. The van der Waals surface area contributed by atoms with Crippen molar-refractivity contribution in [3.05, 3.63) is 18.2 Å². The fourth-order valence-electron chi connectivity index (χ4n) is 4.71. The standard InChI is InChI=1S/C15H24N2O/c1-14(2,3)12-10-4-5-11(12)9-15(18,8-10)13-16-6-7-17-13/h6-7,10-12,18H,4-5,8-9H2,1-3H3,(H,16,17)/t10-,11?,12?,15?/m1/s1. The van der Waals surface area contributed by atoms with E-state index in [0.29, 0.717) is 17.3 Å². The summed E-state index contributed by atoms with van der Waals surface area (Å²) in [6.07, 6.45) is 7.85. The molecule has 2 saturated carbocycles. The molecule has 100 valence electrons. The van der Waals surface area contributed by atoms with Crippen LogP contribution in [0.1, 0.15) is 52.3 Å². The van der Waals surface area contributed by atoms with E-state index in [4.69, 9.17) is 0 Å². The van der Waals surface area contributed by atoms with Crippen LogP contribution < -0.4 is 0 Å². The number of nitrogens with zero attached hydrogens (tertiary/aromatic N) is 1. The van der Waals surface area contributed by atoms with Gasteiger partial charge in [0.2, 0.25) is 0 Å². The van der Waals surface area contributed by atoms with Crippen molar-refractivity contribution in [1.29, 1.82) is 0 Å². The van der Waals surface area contributed by atoms with Crippen molar-refractivity contribution in [3.63, 3.8) is 0 Å². The third-order valence-electron chi connectivity index (χ3n) is 5.06. The zero-order valence-electron chi connectivity index (χ0n) is 11.6. The maximum atomic E-state index is 10.9. The topological polar surface area (TPSA) is 48.9 Å². The minimum atomic E-state index is -0.711. The molecule has 0 saturated heterocycles. The molecule has 1 heterocycles. The average molecular weight is 248 g/mol. The highest BCUT2D eigenvalue weighted by molar-refractivity contribution is 5.10. The Labute approximate surface area is 109 Å². The van der Waals surface area contributed by atoms with Gasteiger partial charge in [-0.1, -0.05) is 20.8 Å². The molecule has 3 unspecified atom stereocenters. The predicted octanol–water partition coefficient (Wildman–Crippen LogP) is 3.08. The normalized spacial score (nSPS) is 40.1. The molecule has 0 aliphatic heterocycles. The first-order chi connectivity index (χ1) is 8.40. The fourth-order valence-corrected chi connectivity index (χ4v) is 4.71. The zero-order valence-corrected chi connectivity index (χ0v) is 11.6. The summed E-state index contributed by atoms with van der Waals surface area (Å²) in [5, 5.41) is 10.9. The molecular weight excluding hydrogens is 224 g/mol. The highest BCUT2D eigenvalue weighted by atomic mass is 16.3. The van der Waals surface area contributed by atoms with Gasteiger partial charge < -0.3 is 10.1 Å². The first kappa shape index (κ1) is 12.2. The van der Waals surface area contributed by atoms with Gasteiger partial charge in [0.05, 0.1) is 0 Å². The van der Waals surface area contributed by atoms with Crippen LogP contribution in [0, 0.1) is 23.2 Å². The summed E-state index contributed by atoms with van der Waals surface area (Å²) >= 11 is 0. The number of imidazole rings is 1. The smallest absolute Gasteiger partial charge is 0.138 e. The lowest BCUT2D eigenvalue weighted by molar-refractivity contribution is -0.0738. The predicted molar refractivity (Wildman–Crippen MR) is 70.9 cm³/mol. The lowest BCUT2D eigenvalue weighted by Gasteiger charge is -2.45. The Balaban J connectivity index is 1.88. The molecule has 2 aliphatic carbocycles. The highest BCUT2D eigenvalue weighted by Gasteiger charge is 2.53. The number of hydrogen-bond acceptors (Lipinski definition) is 2. The lowest BCUT2D eigenvalue weighted by atomic mass is 9.61. The minimum Gasteiger partial charge on any atom is -0.382 e. The third-order valence-corrected chi connectivity index (χ3v) is 5.06. The van der Waals surface area contributed by atoms with Crippen LogP contribution in [0.3, 0.4) is 0 Å². The summed E-state index contributed by atoms with van der Waals surface area (Å²) in [5.41, 5.74) is -0.354. The number of aliphatic hydroxyl groups is 1. The van der Waals surface area contributed by atoms with E-state index in [0.717, 1.165) is 24.6 Å². The number of fused-ring (bicyclic) bond motifs is 2. The Kier molecular flexibility index (Phi) is 2.60. The largest absolute Gasteiger partial charge is 0.382 e. The van der Waals surface area contributed by atoms with Crippen LogP contribution in [-0.2, 0) is 5.60 Å². The van der Waals surface area contributed by atoms with Gasteiger partial charge in [0.1, 0.15) is 11.4 Å². The van der Waals surface area contributed by atoms with Gasteiger partial charge in [-0.3, -0.25) is 0 Å². The van der Waals surface area contributed by atoms with Crippen molar-refractivity contribution >= 4 is 0 Å². The summed E-state index contributed by atoms with van der Waals surface area (Å²) in [6, 6.07) is 0. The SMILES string of the molecule is CC(C)(C)C1C2CC[C@@H]1CC(O)(c1ncc[nH]1)C2. The van der Waals surface area contributed by atoms with Crippen molar-refractivity contribution in [3.8, 4) is 0 Å². The molecule has 1 aromatic heterocycles. The molecule has 4 atom stereocenters. The van der Waals surface area contributed by atoms with Crippen LogP contribution >= 0.6 is 0 Å². The van der Waals surface area contributed by atoms with Crippen molar-refractivity contribution in [1.82, 2.24) is 9.97 Å². The molecule has 2 N–H and O–H groups in total. The Hall–Kier alpha value is -0.830. The molecule has 0 radical (unpaired) electrons. The molecule has 2 aliphatic rings. The molecule has 0 aromatic carbocycles. The second-order valence-corrected chi connectivity index (χ2v) is 7.37. The van der Waals surface area contributed by atoms with Crippen LogP contribution in [0.2, 0.25) is 0 Å². The molecule has 1 aromatic rings. The average Bonchev–Trinajstić information content (AvgIpc) is 2.85. The van der Waals surface area contributed by atoms with E-state index in [2.05, 4.69) is 30.7 Å². The van der Waals surface area contributed by atoms with Crippen molar-refractivity contribution in [2.45, 2.75) is 52.1 Å². The monoisotopic (exact) mass is 248 g/mol. The van der Waals surface area contributed by atoms with Gasteiger partial charge in [0.15, 0.2) is 0 Å². The number of aromatic amines is 1. The maximum Gasteiger partial charge on any atom is 0.138 e. The van der Waals surface area contributed by atoms with Gasteiger partial charge in [-0.25, -0.2) is 4.98 Å². The zero-order chi connectivity index (χ0) is 13.0. The van der Waals surface area contributed by atoms with E-state index >= 15 is 0 Å². The molecule has 0 amide bonds. The van der Waals surface area contributed by atoms with Gasteiger partial charge in [-0.2, -0.15) is 0 Å². The van der Waals surface area contributed by atoms with Crippen molar-refractivity contribution in [2.24, 2.45) is 23.2 Å². The van der Waals surface area contributed by atoms with E-state index < -0.39 is 5.60 Å². The molecule has 0 spiro atoms. The lowest BCUT2D eigenvalue weighted by Crippen LogP contribution is -2.43. The maximum absolute atomic E-state index is 10.9. The van der Waals surface area contributed by atoms with E-state index in [1.165, 1.54) is 12.8 Å². The molecular formula is C15H24N2O. The Morgan fingerprint density at radius 3 is 2.33 bits per heavy atom. The molecule has 2 bridgehead atoms. The molecule has 3 rings (SSSR count). The second-order valence-electron chi connectivity index (χ2n) is 7.37. The Morgan fingerprint density at radius 2 is 1.89 bits per heavy atom. The van der Waals surface area contributed by atoms with E-state index in [-0.39, 0.29) is 0 Å². The summed E-state index contributed by atoms with van der Waals surface area (Å²) in [4.78, 5) is 7.40. The summed E-state index contributed by atoms with van der Waals surface area (Å²) in [7, 11) is 0. The van der Waals surface area contributed by atoms with Crippen molar-refractivity contribution < 1.29 is 5.11 Å². The van der Waals surface area contributed by atoms with Crippen LogP contribution in [0.15, 0.2) is 12.4 Å². The van der Waals surface area contributed by atoms with Crippen LogP contribution in [0.25, 0.3) is 0 Å². The van der Waals surface area contributed by atoms with E-state index in [1.54, 1.807) is 6.20 Å². The number of nitrogens with one attached hydrogen (secondary N) is 1. The first-order valence-electron chi connectivity index (χ1n) is 7.12. The first-order valence-corrected chi connectivity index (χ1v) is 7.12. The highest BCUT2D eigenvalue weighted by Crippen LogP contribution is 2.58. The molecule has 3 heteroatoms. The van der Waals surface area contributed by atoms with Crippen molar-refractivity contribution in [2.75, 3.05) is 0 Å².